The number of rotatable bonds is 10. The summed E-state index contributed by atoms with van der Waals surface area (Å²) < 4.78 is 5.76. The van der Waals surface area contributed by atoms with Gasteiger partial charge in [-0.1, -0.05) is 41.0 Å². The van der Waals surface area contributed by atoms with Crippen molar-refractivity contribution in [2.45, 2.75) is 59.9 Å². The van der Waals surface area contributed by atoms with E-state index in [4.69, 9.17) is 4.74 Å². The van der Waals surface area contributed by atoms with Crippen molar-refractivity contribution >= 4 is 0 Å². The third kappa shape index (κ3) is 8.12. The zero-order chi connectivity index (χ0) is 12.4. The van der Waals surface area contributed by atoms with Crippen LogP contribution < -0.4 is 5.32 Å². The molecule has 0 spiro atoms. The Bertz CT molecular complexity index is 148. The van der Waals surface area contributed by atoms with E-state index in [0.717, 1.165) is 25.7 Å². The molecule has 0 saturated heterocycles. The molecule has 0 rings (SSSR count). The van der Waals surface area contributed by atoms with Gasteiger partial charge in [-0.2, -0.15) is 0 Å². The summed E-state index contributed by atoms with van der Waals surface area (Å²) in [5.41, 5.74) is 0. The van der Waals surface area contributed by atoms with Crippen molar-refractivity contribution in [1.82, 2.24) is 5.32 Å². The van der Waals surface area contributed by atoms with Gasteiger partial charge in [0.15, 0.2) is 0 Å². The molecule has 0 aliphatic carbocycles. The molecule has 16 heavy (non-hydrogen) atoms. The van der Waals surface area contributed by atoms with Gasteiger partial charge in [0.05, 0.1) is 6.61 Å². The Kier molecular flexibility index (Phi) is 10.0. The zero-order valence-electron chi connectivity index (χ0n) is 11.9. The van der Waals surface area contributed by atoms with Gasteiger partial charge < -0.3 is 10.1 Å². The quantitative estimate of drug-likeness (QED) is 0.579. The molecule has 0 fully saturated rings. The smallest absolute Gasteiger partial charge is 0.0622 e. The van der Waals surface area contributed by atoms with Crippen LogP contribution in [0.2, 0.25) is 0 Å². The Labute approximate surface area is 102 Å². The predicted octanol–water partition coefficient (Wildman–Crippen LogP) is 3.46. The Morgan fingerprint density at radius 1 is 1.12 bits per heavy atom. The summed E-state index contributed by atoms with van der Waals surface area (Å²) in [5, 5.41) is 3.51. The molecule has 2 unspecified atom stereocenters. The van der Waals surface area contributed by atoms with E-state index >= 15 is 0 Å². The van der Waals surface area contributed by atoms with Crippen LogP contribution >= 0.6 is 0 Å². The normalized spacial score (nSPS) is 15.4. The van der Waals surface area contributed by atoms with Gasteiger partial charge in [0.1, 0.15) is 0 Å². The van der Waals surface area contributed by atoms with Crippen molar-refractivity contribution in [3.8, 4) is 0 Å². The van der Waals surface area contributed by atoms with Crippen LogP contribution in [0.5, 0.6) is 0 Å². The van der Waals surface area contributed by atoms with Gasteiger partial charge in [0, 0.05) is 12.6 Å². The van der Waals surface area contributed by atoms with Gasteiger partial charge in [-0.05, 0) is 31.2 Å². The molecule has 0 aliphatic heterocycles. The Morgan fingerprint density at radius 2 is 1.81 bits per heavy atom. The minimum Gasteiger partial charge on any atom is -0.380 e. The van der Waals surface area contributed by atoms with Crippen molar-refractivity contribution in [3.63, 3.8) is 0 Å². The van der Waals surface area contributed by atoms with Crippen LogP contribution in [0, 0.1) is 11.8 Å². The summed E-state index contributed by atoms with van der Waals surface area (Å²) in [6, 6.07) is 0.522. The average molecular weight is 229 g/mol. The lowest BCUT2D eigenvalue weighted by Crippen LogP contribution is -2.38. The molecule has 2 nitrogen and oxygen atoms in total. The van der Waals surface area contributed by atoms with Crippen LogP contribution in [0.15, 0.2) is 0 Å². The van der Waals surface area contributed by atoms with Crippen LogP contribution in [-0.2, 0) is 4.74 Å². The maximum atomic E-state index is 5.76. The largest absolute Gasteiger partial charge is 0.380 e. The van der Waals surface area contributed by atoms with E-state index in [2.05, 4.69) is 39.9 Å². The van der Waals surface area contributed by atoms with Gasteiger partial charge in [-0.25, -0.2) is 0 Å². The van der Waals surface area contributed by atoms with Crippen molar-refractivity contribution in [2.24, 2.45) is 11.8 Å². The fourth-order valence-electron chi connectivity index (χ4n) is 1.78. The number of hydrogen-bond acceptors (Lipinski definition) is 2. The van der Waals surface area contributed by atoms with Crippen molar-refractivity contribution < 1.29 is 4.74 Å². The molecule has 0 aliphatic rings. The Hall–Kier alpha value is -0.0800. The van der Waals surface area contributed by atoms with Gasteiger partial charge in [-0.3, -0.25) is 0 Å². The van der Waals surface area contributed by atoms with Crippen molar-refractivity contribution in [2.75, 3.05) is 19.8 Å². The molecule has 0 amide bonds. The molecular formula is C14H31NO. The highest BCUT2D eigenvalue weighted by Gasteiger charge is 2.14. The number of likely N-dealkylation sites (N-methyl/N-ethyl adjacent to an activating group) is 1. The summed E-state index contributed by atoms with van der Waals surface area (Å²) in [6.07, 6.45) is 3.68. The van der Waals surface area contributed by atoms with Gasteiger partial charge in [0.2, 0.25) is 0 Å². The summed E-state index contributed by atoms with van der Waals surface area (Å²) in [4.78, 5) is 0. The van der Waals surface area contributed by atoms with Crippen LogP contribution in [0.1, 0.15) is 53.9 Å². The molecule has 0 bridgehead atoms. The molecule has 0 heterocycles. The standard InChI is InChI=1S/C14H31NO/c1-6-13(5)14(15-7-2)11-16-10-8-9-12(3)4/h12-15H,6-11H2,1-5H3. The number of ether oxygens (including phenoxy) is 1. The van der Waals surface area contributed by atoms with E-state index in [1.165, 1.54) is 19.3 Å². The molecule has 0 aromatic rings. The second kappa shape index (κ2) is 10.1. The molecule has 0 aromatic heterocycles. The summed E-state index contributed by atoms with van der Waals surface area (Å²) in [7, 11) is 0. The first-order valence-electron chi connectivity index (χ1n) is 6.92. The van der Waals surface area contributed by atoms with E-state index in [0.29, 0.717) is 12.0 Å². The fraction of sp³-hybridized carbons (Fsp3) is 1.00. The fourth-order valence-corrected chi connectivity index (χ4v) is 1.78. The van der Waals surface area contributed by atoms with Crippen LogP contribution in [0.3, 0.4) is 0 Å². The van der Waals surface area contributed by atoms with Gasteiger partial charge >= 0.3 is 0 Å². The average Bonchev–Trinajstić information content (AvgIpc) is 2.25. The molecule has 0 radical (unpaired) electrons. The van der Waals surface area contributed by atoms with E-state index in [1.807, 2.05) is 0 Å². The van der Waals surface area contributed by atoms with E-state index in [-0.39, 0.29) is 0 Å². The maximum absolute atomic E-state index is 5.76. The van der Waals surface area contributed by atoms with E-state index in [1.54, 1.807) is 0 Å². The lowest BCUT2D eigenvalue weighted by atomic mass is 10.00. The Morgan fingerprint density at radius 3 is 2.31 bits per heavy atom. The maximum Gasteiger partial charge on any atom is 0.0622 e. The highest BCUT2D eigenvalue weighted by atomic mass is 16.5. The SMILES string of the molecule is CCNC(COCCCC(C)C)C(C)CC. The molecule has 2 heteroatoms. The minimum absolute atomic E-state index is 0.522. The van der Waals surface area contributed by atoms with Crippen LogP contribution in [0.4, 0.5) is 0 Å². The highest BCUT2D eigenvalue weighted by molar-refractivity contribution is 4.71. The molecule has 0 aromatic carbocycles. The van der Waals surface area contributed by atoms with Gasteiger partial charge in [-0.15, -0.1) is 0 Å². The van der Waals surface area contributed by atoms with Crippen molar-refractivity contribution in [1.29, 1.82) is 0 Å². The van der Waals surface area contributed by atoms with Gasteiger partial charge in [0.25, 0.3) is 0 Å². The molecular weight excluding hydrogens is 198 g/mol. The van der Waals surface area contributed by atoms with E-state index < -0.39 is 0 Å². The lowest BCUT2D eigenvalue weighted by molar-refractivity contribution is 0.0909. The summed E-state index contributed by atoms with van der Waals surface area (Å²) >= 11 is 0. The third-order valence-electron chi connectivity index (χ3n) is 3.16. The monoisotopic (exact) mass is 229 g/mol. The first-order valence-corrected chi connectivity index (χ1v) is 6.92. The topological polar surface area (TPSA) is 21.3 Å². The first kappa shape index (κ1) is 15.9. The molecule has 2 atom stereocenters. The minimum atomic E-state index is 0.522. The summed E-state index contributed by atoms with van der Waals surface area (Å²) in [5.74, 6) is 1.49. The highest BCUT2D eigenvalue weighted by Crippen LogP contribution is 2.09. The molecule has 98 valence electrons. The van der Waals surface area contributed by atoms with Crippen LogP contribution in [0.25, 0.3) is 0 Å². The number of hydrogen-bond donors (Lipinski definition) is 1. The van der Waals surface area contributed by atoms with Crippen LogP contribution in [-0.4, -0.2) is 25.8 Å². The lowest BCUT2D eigenvalue weighted by Gasteiger charge is -2.23. The van der Waals surface area contributed by atoms with Crippen molar-refractivity contribution in [3.05, 3.63) is 0 Å². The third-order valence-corrected chi connectivity index (χ3v) is 3.16. The second-order valence-electron chi connectivity index (χ2n) is 5.16. The predicted molar refractivity (Wildman–Crippen MR) is 71.8 cm³/mol. The van der Waals surface area contributed by atoms with E-state index in [9.17, 15) is 0 Å². The second-order valence-corrected chi connectivity index (χ2v) is 5.16. The molecule has 0 saturated carbocycles. The first-order chi connectivity index (χ1) is 7.61. The number of nitrogens with one attached hydrogen (secondary N) is 1. The molecule has 1 N–H and O–H groups in total. The zero-order valence-corrected chi connectivity index (χ0v) is 11.9. The summed E-state index contributed by atoms with van der Waals surface area (Å²) in [6.45, 7) is 14.0. The Balaban J connectivity index is 3.59.